The summed E-state index contributed by atoms with van der Waals surface area (Å²) >= 11 is 0. The van der Waals surface area contributed by atoms with E-state index in [9.17, 15) is 4.79 Å². The van der Waals surface area contributed by atoms with Crippen LogP contribution in [0.2, 0.25) is 0 Å². The van der Waals surface area contributed by atoms with Gasteiger partial charge in [0, 0.05) is 19.3 Å². The number of anilines is 1. The molecule has 0 radical (unpaired) electrons. The first kappa shape index (κ1) is 10.6. The predicted octanol–water partition coefficient (Wildman–Crippen LogP) is 1.84. The highest BCUT2D eigenvalue weighted by Crippen LogP contribution is 2.12. The lowest BCUT2D eigenvalue weighted by Gasteiger charge is -2.21. The maximum Gasteiger partial charge on any atom is 0.308 e. The molecule has 3 nitrogen and oxygen atoms in total. The first-order chi connectivity index (χ1) is 6.61. The quantitative estimate of drug-likeness (QED) is 0.793. The lowest BCUT2D eigenvalue weighted by molar-refractivity contribution is -0.140. The zero-order chi connectivity index (χ0) is 10.6. The minimum Gasteiger partial charge on any atom is -0.481 e. The molecule has 1 N–H and O–H groups in total. The number of nitrogens with zero attached hydrogens (tertiary/aromatic N) is 1. The van der Waals surface area contributed by atoms with Crippen molar-refractivity contribution in [1.29, 1.82) is 0 Å². The molecule has 0 bridgehead atoms. The van der Waals surface area contributed by atoms with E-state index >= 15 is 0 Å². The van der Waals surface area contributed by atoms with Gasteiger partial charge in [-0.3, -0.25) is 4.79 Å². The normalized spacial score (nSPS) is 12.1. The zero-order valence-electron chi connectivity index (χ0n) is 8.47. The zero-order valence-corrected chi connectivity index (χ0v) is 8.47. The third kappa shape index (κ3) is 2.76. The molecule has 0 heterocycles. The molecule has 0 unspecified atom stereocenters. The smallest absolute Gasteiger partial charge is 0.308 e. The summed E-state index contributed by atoms with van der Waals surface area (Å²) in [5, 5.41) is 8.75. The maximum absolute atomic E-state index is 10.6. The van der Waals surface area contributed by atoms with Gasteiger partial charge in [0.25, 0.3) is 0 Å². The number of rotatable bonds is 4. The number of para-hydroxylation sites is 1. The Hall–Kier alpha value is -1.51. The minimum absolute atomic E-state index is 0.347. The first-order valence-electron chi connectivity index (χ1n) is 4.60. The molecule has 76 valence electrons. The molecule has 0 aliphatic heterocycles. The van der Waals surface area contributed by atoms with Crippen LogP contribution in [0.15, 0.2) is 30.3 Å². The van der Waals surface area contributed by atoms with E-state index in [0.29, 0.717) is 6.54 Å². The Kier molecular flexibility index (Phi) is 3.51. The van der Waals surface area contributed by atoms with E-state index in [0.717, 1.165) is 5.69 Å². The van der Waals surface area contributed by atoms with Gasteiger partial charge in [-0.25, -0.2) is 0 Å². The van der Waals surface area contributed by atoms with Gasteiger partial charge in [-0.2, -0.15) is 0 Å². The van der Waals surface area contributed by atoms with Crippen molar-refractivity contribution in [2.45, 2.75) is 6.92 Å². The van der Waals surface area contributed by atoms with E-state index in [1.807, 2.05) is 42.3 Å². The highest BCUT2D eigenvalue weighted by atomic mass is 16.4. The molecule has 0 spiro atoms. The molecule has 0 fully saturated rings. The molecule has 1 aromatic carbocycles. The van der Waals surface area contributed by atoms with E-state index in [1.54, 1.807) is 6.92 Å². The second-order valence-corrected chi connectivity index (χ2v) is 3.46. The van der Waals surface area contributed by atoms with Crippen molar-refractivity contribution in [2.24, 2.45) is 5.92 Å². The molecule has 3 heteroatoms. The molecule has 1 atom stereocenters. The Labute approximate surface area is 84.0 Å². The Morgan fingerprint density at radius 3 is 2.50 bits per heavy atom. The van der Waals surface area contributed by atoms with Gasteiger partial charge >= 0.3 is 5.97 Å². The molecular weight excluding hydrogens is 178 g/mol. The van der Waals surface area contributed by atoms with Crippen molar-refractivity contribution in [3.8, 4) is 0 Å². The van der Waals surface area contributed by atoms with E-state index in [-0.39, 0.29) is 5.92 Å². The second kappa shape index (κ2) is 4.65. The fourth-order valence-corrected chi connectivity index (χ4v) is 1.28. The summed E-state index contributed by atoms with van der Waals surface area (Å²) in [5.41, 5.74) is 1.04. The summed E-state index contributed by atoms with van der Waals surface area (Å²) in [7, 11) is 1.90. The Morgan fingerprint density at radius 2 is 2.00 bits per heavy atom. The summed E-state index contributed by atoms with van der Waals surface area (Å²) in [6.45, 7) is 2.24. The van der Waals surface area contributed by atoms with Gasteiger partial charge < -0.3 is 10.0 Å². The monoisotopic (exact) mass is 193 g/mol. The van der Waals surface area contributed by atoms with Crippen LogP contribution >= 0.6 is 0 Å². The average Bonchev–Trinajstić information content (AvgIpc) is 2.19. The molecular formula is C11H15NO2. The molecule has 0 amide bonds. The van der Waals surface area contributed by atoms with Crippen molar-refractivity contribution >= 4 is 11.7 Å². The van der Waals surface area contributed by atoms with Crippen LogP contribution in [0.5, 0.6) is 0 Å². The lowest BCUT2D eigenvalue weighted by Crippen LogP contribution is -2.28. The van der Waals surface area contributed by atoms with Gasteiger partial charge in [-0.05, 0) is 12.1 Å². The molecule has 1 rings (SSSR count). The van der Waals surface area contributed by atoms with Crippen molar-refractivity contribution < 1.29 is 9.90 Å². The fourth-order valence-electron chi connectivity index (χ4n) is 1.28. The number of carboxylic acids is 1. The number of carbonyl (C=O) groups is 1. The van der Waals surface area contributed by atoms with Crippen LogP contribution in [-0.4, -0.2) is 24.7 Å². The molecule has 1 aromatic rings. The lowest BCUT2D eigenvalue weighted by atomic mass is 10.1. The predicted molar refractivity (Wildman–Crippen MR) is 56.5 cm³/mol. The molecule has 0 saturated carbocycles. The topological polar surface area (TPSA) is 40.5 Å². The Balaban J connectivity index is 2.59. The van der Waals surface area contributed by atoms with Gasteiger partial charge in [0.15, 0.2) is 0 Å². The maximum atomic E-state index is 10.6. The van der Waals surface area contributed by atoms with Crippen LogP contribution in [0.25, 0.3) is 0 Å². The third-order valence-corrected chi connectivity index (χ3v) is 2.17. The van der Waals surface area contributed by atoms with E-state index in [4.69, 9.17) is 5.11 Å². The Morgan fingerprint density at radius 1 is 1.43 bits per heavy atom. The van der Waals surface area contributed by atoms with Crippen LogP contribution in [0.3, 0.4) is 0 Å². The van der Waals surface area contributed by atoms with Gasteiger partial charge in [0.05, 0.1) is 5.92 Å². The van der Waals surface area contributed by atoms with Gasteiger partial charge in [-0.15, -0.1) is 0 Å². The van der Waals surface area contributed by atoms with Crippen LogP contribution in [0.1, 0.15) is 6.92 Å². The molecule has 0 aliphatic carbocycles. The average molecular weight is 193 g/mol. The first-order valence-corrected chi connectivity index (χ1v) is 4.60. The standard InChI is InChI=1S/C11H15NO2/c1-9(11(13)14)8-12(2)10-6-4-3-5-7-10/h3-7,9H,8H2,1-2H3,(H,13,14)/t9-/m0/s1. The van der Waals surface area contributed by atoms with Crippen LogP contribution in [0.4, 0.5) is 5.69 Å². The van der Waals surface area contributed by atoms with Crippen LogP contribution in [0, 0.1) is 5.92 Å². The van der Waals surface area contributed by atoms with Crippen LogP contribution < -0.4 is 4.90 Å². The van der Waals surface area contributed by atoms with Crippen molar-refractivity contribution in [1.82, 2.24) is 0 Å². The molecule has 0 aromatic heterocycles. The van der Waals surface area contributed by atoms with Crippen molar-refractivity contribution in [2.75, 3.05) is 18.5 Å². The summed E-state index contributed by atoms with van der Waals surface area (Å²) in [4.78, 5) is 12.6. The highest BCUT2D eigenvalue weighted by molar-refractivity contribution is 5.70. The van der Waals surface area contributed by atoms with E-state index in [2.05, 4.69) is 0 Å². The van der Waals surface area contributed by atoms with Gasteiger partial charge in [0.1, 0.15) is 0 Å². The molecule has 14 heavy (non-hydrogen) atoms. The summed E-state index contributed by atoms with van der Waals surface area (Å²) < 4.78 is 0. The van der Waals surface area contributed by atoms with Crippen molar-refractivity contribution in [3.63, 3.8) is 0 Å². The largest absolute Gasteiger partial charge is 0.481 e. The number of aliphatic carboxylic acids is 1. The summed E-state index contributed by atoms with van der Waals surface area (Å²) in [5.74, 6) is -1.10. The van der Waals surface area contributed by atoms with Gasteiger partial charge in [-0.1, -0.05) is 25.1 Å². The Bertz CT molecular complexity index is 297. The van der Waals surface area contributed by atoms with E-state index in [1.165, 1.54) is 0 Å². The minimum atomic E-state index is -0.757. The van der Waals surface area contributed by atoms with E-state index < -0.39 is 5.97 Å². The molecule has 0 saturated heterocycles. The number of hydrogen-bond acceptors (Lipinski definition) is 2. The number of benzene rings is 1. The van der Waals surface area contributed by atoms with Crippen molar-refractivity contribution in [3.05, 3.63) is 30.3 Å². The summed E-state index contributed by atoms with van der Waals surface area (Å²) in [6.07, 6.45) is 0. The summed E-state index contributed by atoms with van der Waals surface area (Å²) in [6, 6.07) is 9.76. The van der Waals surface area contributed by atoms with Gasteiger partial charge in [0.2, 0.25) is 0 Å². The highest BCUT2D eigenvalue weighted by Gasteiger charge is 2.13. The number of carboxylic acid groups (broad SMARTS) is 1. The third-order valence-electron chi connectivity index (χ3n) is 2.17. The van der Waals surface area contributed by atoms with Crippen LogP contribution in [-0.2, 0) is 4.79 Å². The SMILES string of the molecule is C[C@@H](CN(C)c1ccccc1)C(=O)O. The molecule has 0 aliphatic rings. The second-order valence-electron chi connectivity index (χ2n) is 3.46. The number of hydrogen-bond donors (Lipinski definition) is 1. The fraction of sp³-hybridized carbons (Fsp3) is 0.364.